The van der Waals surface area contributed by atoms with Crippen molar-refractivity contribution in [2.24, 2.45) is 0 Å². The van der Waals surface area contributed by atoms with E-state index in [-0.39, 0.29) is 5.41 Å². The number of nitrogens with zero attached hydrogens (tertiary/aromatic N) is 12. The molecule has 0 bridgehead atoms. The van der Waals surface area contributed by atoms with Crippen LogP contribution in [0.2, 0.25) is 0 Å². The van der Waals surface area contributed by atoms with Gasteiger partial charge < -0.3 is 22.5 Å². The molecule has 27 rings (SSSR count). The third-order valence-electron chi connectivity index (χ3n) is 26.0. The molecular formula is C120H78N12O2. The molecule has 26 aromatic rings. The first kappa shape index (κ1) is 78.3. The van der Waals surface area contributed by atoms with Crippen molar-refractivity contribution in [2.45, 2.75) is 19.3 Å². The zero-order chi connectivity index (χ0) is 88.9. The van der Waals surface area contributed by atoms with Crippen LogP contribution in [-0.4, -0.2) is 58.6 Å². The van der Waals surface area contributed by atoms with E-state index in [2.05, 4.69) is 258 Å². The summed E-state index contributed by atoms with van der Waals surface area (Å²) in [5.41, 5.74) is 27.5. The van der Waals surface area contributed by atoms with Crippen LogP contribution in [0.5, 0.6) is 0 Å². The average molecular weight is 1720 g/mol. The van der Waals surface area contributed by atoms with Gasteiger partial charge in [0, 0.05) is 121 Å². The van der Waals surface area contributed by atoms with Gasteiger partial charge in [-0.25, -0.2) is 44.9 Å². The van der Waals surface area contributed by atoms with Crippen LogP contribution in [0.15, 0.2) is 446 Å². The fourth-order valence-corrected chi connectivity index (χ4v) is 19.5. The Morgan fingerprint density at radius 3 is 0.918 bits per heavy atom. The van der Waals surface area contributed by atoms with Crippen molar-refractivity contribution in [1.82, 2.24) is 58.6 Å². The fourth-order valence-electron chi connectivity index (χ4n) is 19.5. The molecule has 0 fully saturated rings. The molecule has 0 saturated carbocycles. The Kier molecular flexibility index (Phi) is 18.9. The zero-order valence-corrected chi connectivity index (χ0v) is 72.8. The highest BCUT2D eigenvalue weighted by atomic mass is 16.3. The summed E-state index contributed by atoms with van der Waals surface area (Å²) in [5.74, 6) is 5.83. The predicted octanol–water partition coefficient (Wildman–Crippen LogP) is 30.0. The van der Waals surface area contributed by atoms with Crippen LogP contribution in [0.3, 0.4) is 0 Å². The summed E-state index contributed by atoms with van der Waals surface area (Å²) in [4.78, 5) is 44.0. The standard InChI is InChI=1S/C42H30N4.2C39H24N4O/c1-42(2)35-19-11-9-17-31(35)33-25-34-32-18-10-12-20-37(32)46(38(34)26-36(33)42)30-23-21-29(22-24-30)41-44-39(27-13-5-3-6-14-27)43-40(45-41)28-15-7-4-8-16-28;1-3-11-25(12-4-1)37-40-38(26-13-5-2-6-14-26)42-39(41-37)27-19-21-28(22-20-27)43-32-17-9-7-16-31(32)35-33(43)24-23-30-29-15-8-10-18-34(29)44-36(30)35;1-3-11-25(12-4-1)37-40-38(26-13-5-2-6-14-26)42-39(41-37)27-19-21-28(22-20-27)43-33-17-9-7-15-29(33)31-23-24-32-30-16-8-10-18-34(30)44-36(32)35(31)43/h3-26H,1-2H3;2*1-24H. The van der Waals surface area contributed by atoms with Crippen molar-refractivity contribution < 1.29 is 8.83 Å². The lowest BCUT2D eigenvalue weighted by Crippen LogP contribution is -2.14. The average Bonchev–Trinajstić information content (AvgIpc) is 1.51. The monoisotopic (exact) mass is 1720 g/mol. The van der Waals surface area contributed by atoms with Gasteiger partial charge in [-0.3, -0.25) is 0 Å². The first-order chi connectivity index (χ1) is 66.2. The molecule has 14 heteroatoms. The van der Waals surface area contributed by atoms with Gasteiger partial charge in [-0.2, -0.15) is 0 Å². The molecule has 0 unspecified atom stereocenters. The summed E-state index contributed by atoms with van der Waals surface area (Å²) in [5, 5.41) is 11.6. The summed E-state index contributed by atoms with van der Waals surface area (Å²) in [6.45, 7) is 4.68. The largest absolute Gasteiger partial charge is 0.455 e. The third kappa shape index (κ3) is 13.5. The molecule has 134 heavy (non-hydrogen) atoms. The van der Waals surface area contributed by atoms with E-state index in [9.17, 15) is 0 Å². The van der Waals surface area contributed by atoms with Gasteiger partial charge in [0.15, 0.2) is 58.0 Å². The van der Waals surface area contributed by atoms with Crippen LogP contribution >= 0.6 is 0 Å². The quantitative estimate of drug-likeness (QED) is 0.115. The van der Waals surface area contributed by atoms with E-state index in [1.807, 2.05) is 206 Å². The minimum absolute atomic E-state index is 0.0726. The van der Waals surface area contributed by atoms with Gasteiger partial charge in [0.1, 0.15) is 16.7 Å². The molecule has 0 N–H and O–H groups in total. The van der Waals surface area contributed by atoms with Gasteiger partial charge in [-0.1, -0.05) is 317 Å². The molecule has 1 aliphatic carbocycles. The molecule has 0 aliphatic heterocycles. The molecule has 1 aliphatic rings. The topological polar surface area (TPSA) is 157 Å². The van der Waals surface area contributed by atoms with Gasteiger partial charge in [-0.05, 0) is 156 Å². The van der Waals surface area contributed by atoms with Crippen LogP contribution < -0.4 is 0 Å². The second-order valence-corrected chi connectivity index (χ2v) is 34.3. The van der Waals surface area contributed by atoms with Gasteiger partial charge in [-0.15, -0.1) is 0 Å². The molecule has 18 aromatic carbocycles. The Morgan fingerprint density at radius 2 is 0.493 bits per heavy atom. The van der Waals surface area contributed by atoms with Crippen LogP contribution in [0.1, 0.15) is 25.0 Å². The van der Waals surface area contributed by atoms with Crippen LogP contribution in [0.4, 0.5) is 0 Å². The highest BCUT2D eigenvalue weighted by molar-refractivity contribution is 6.25. The highest BCUT2D eigenvalue weighted by Crippen LogP contribution is 2.52. The second-order valence-electron chi connectivity index (χ2n) is 34.3. The summed E-state index contributed by atoms with van der Waals surface area (Å²) in [6, 6.07) is 151. The maximum atomic E-state index is 6.51. The van der Waals surface area contributed by atoms with Crippen LogP contribution in [0, 0.1) is 0 Å². The van der Waals surface area contributed by atoms with E-state index >= 15 is 0 Å². The lowest BCUT2D eigenvalue weighted by Gasteiger charge is -2.21. The van der Waals surface area contributed by atoms with Crippen molar-refractivity contribution in [2.75, 3.05) is 0 Å². The van der Waals surface area contributed by atoms with Gasteiger partial charge >= 0.3 is 0 Å². The summed E-state index contributed by atoms with van der Waals surface area (Å²) in [6.07, 6.45) is 0. The summed E-state index contributed by atoms with van der Waals surface area (Å²) in [7, 11) is 0. The number of hydrogen-bond donors (Lipinski definition) is 0. The number of furan rings is 2. The lowest BCUT2D eigenvalue weighted by atomic mass is 9.82. The van der Waals surface area contributed by atoms with E-state index in [0.29, 0.717) is 52.4 Å². The minimum atomic E-state index is -0.0726. The molecule has 0 spiro atoms. The van der Waals surface area contributed by atoms with Crippen molar-refractivity contribution >= 4 is 109 Å². The molecule has 0 radical (unpaired) electrons. The van der Waals surface area contributed by atoms with Gasteiger partial charge in [0.05, 0.1) is 38.5 Å². The Labute approximate surface area is 769 Å². The minimum Gasteiger partial charge on any atom is -0.455 e. The maximum Gasteiger partial charge on any atom is 0.164 e. The Bertz CT molecular complexity index is 8870. The molecule has 14 nitrogen and oxygen atoms in total. The zero-order valence-electron chi connectivity index (χ0n) is 72.8. The first-order valence-electron chi connectivity index (χ1n) is 45.0. The molecule has 8 heterocycles. The Morgan fingerprint density at radius 1 is 0.194 bits per heavy atom. The van der Waals surface area contributed by atoms with Crippen LogP contribution in [0.25, 0.3) is 240 Å². The molecule has 0 atom stereocenters. The van der Waals surface area contributed by atoms with Crippen molar-refractivity contribution in [3.8, 4) is 131 Å². The Hall–Kier alpha value is -18.0. The number of fused-ring (bicyclic) bond motifs is 20. The highest BCUT2D eigenvalue weighted by Gasteiger charge is 2.37. The molecular weight excluding hydrogens is 1640 g/mol. The first-order valence-corrected chi connectivity index (χ1v) is 45.0. The van der Waals surface area contributed by atoms with E-state index < -0.39 is 0 Å². The predicted molar refractivity (Wildman–Crippen MR) is 544 cm³/mol. The second kappa shape index (κ2) is 32.3. The van der Waals surface area contributed by atoms with Gasteiger partial charge in [0.2, 0.25) is 0 Å². The van der Waals surface area contributed by atoms with Crippen molar-refractivity contribution in [3.05, 3.63) is 448 Å². The fraction of sp³-hybridized carbons (Fsp3) is 0.0250. The SMILES string of the molecule is CC1(C)c2ccccc2-c2cc3c4ccccc4n(-c4ccc(-c5nc(-c6ccccc6)nc(-c6ccccc6)n5)cc4)c3cc21.c1ccc(-c2nc(-c3ccccc3)nc(-c3ccc(-n4c5ccccc5c5c6oc7ccccc7c6ccc54)cc3)n2)cc1.c1ccc(-c2nc(-c3ccccc3)nc(-c3ccc(-n4c5ccccc5c5ccc6c7ccccc7oc6c54)cc3)n2)cc1. The van der Waals surface area contributed by atoms with Gasteiger partial charge in [0.25, 0.3) is 0 Å². The summed E-state index contributed by atoms with van der Waals surface area (Å²) >= 11 is 0. The number of benzene rings is 18. The smallest absolute Gasteiger partial charge is 0.164 e. The van der Waals surface area contributed by atoms with E-state index in [4.69, 9.17) is 53.7 Å². The number of para-hydroxylation sites is 5. The van der Waals surface area contributed by atoms with Crippen molar-refractivity contribution in [3.63, 3.8) is 0 Å². The number of hydrogen-bond acceptors (Lipinski definition) is 11. The normalized spacial score (nSPS) is 12.2. The van der Waals surface area contributed by atoms with Crippen LogP contribution in [-0.2, 0) is 5.41 Å². The lowest BCUT2D eigenvalue weighted by molar-refractivity contribution is 0.661. The third-order valence-corrected chi connectivity index (χ3v) is 26.0. The summed E-state index contributed by atoms with van der Waals surface area (Å²) < 4.78 is 20.0. The van der Waals surface area contributed by atoms with Crippen molar-refractivity contribution in [1.29, 1.82) is 0 Å². The van der Waals surface area contributed by atoms with E-state index in [1.54, 1.807) is 0 Å². The van der Waals surface area contributed by atoms with E-state index in [0.717, 1.165) is 149 Å². The maximum absolute atomic E-state index is 6.51. The number of aromatic nitrogens is 12. The Balaban J connectivity index is 0.000000108. The molecule has 0 amide bonds. The molecule has 0 saturated heterocycles. The molecule has 8 aromatic heterocycles. The number of rotatable bonds is 12. The van der Waals surface area contributed by atoms with E-state index in [1.165, 1.54) is 49.4 Å². The molecule has 630 valence electrons.